The van der Waals surface area contributed by atoms with Crippen LogP contribution in [0.3, 0.4) is 0 Å². The Kier molecular flexibility index (Phi) is 5.48. The zero-order chi connectivity index (χ0) is 13.7. The molecule has 0 aliphatic carbocycles. The van der Waals surface area contributed by atoms with E-state index in [0.29, 0.717) is 23.1 Å². The molecule has 1 aromatic carbocycles. The molecular formula is C14H19ClO3. The zero-order valence-electron chi connectivity index (χ0n) is 11.2. The Bertz CT molecular complexity index is 416. The van der Waals surface area contributed by atoms with E-state index >= 15 is 0 Å². The van der Waals surface area contributed by atoms with Crippen LogP contribution in [0, 0.1) is 5.92 Å². The molecule has 0 heterocycles. The first kappa shape index (κ1) is 14.8. The normalized spacial score (nSPS) is 12.3. The molecule has 100 valence electrons. The summed E-state index contributed by atoms with van der Waals surface area (Å²) in [5.74, 6) is 0.857. The van der Waals surface area contributed by atoms with Crippen molar-refractivity contribution in [3.63, 3.8) is 0 Å². The van der Waals surface area contributed by atoms with Crippen LogP contribution in [0.15, 0.2) is 18.2 Å². The number of carbonyl (C=O) groups excluding carboxylic acids is 1. The van der Waals surface area contributed by atoms with Crippen LogP contribution < -0.4 is 4.74 Å². The first-order valence-electron chi connectivity index (χ1n) is 5.89. The molecular weight excluding hydrogens is 252 g/mol. The van der Waals surface area contributed by atoms with Crippen LogP contribution >= 0.6 is 11.6 Å². The fourth-order valence-corrected chi connectivity index (χ4v) is 2.18. The van der Waals surface area contributed by atoms with Crippen molar-refractivity contribution in [2.75, 3.05) is 14.2 Å². The standard InChI is InChI=1S/C14H19ClO3/c1-9(2)11(8-14(16)18-4)10-5-6-13(17-3)12(15)7-10/h5-7,9,11H,8H2,1-4H3. The number of halogens is 1. The van der Waals surface area contributed by atoms with E-state index in [1.165, 1.54) is 7.11 Å². The number of ether oxygens (including phenoxy) is 2. The van der Waals surface area contributed by atoms with Crippen LogP contribution in [-0.2, 0) is 9.53 Å². The average Bonchev–Trinajstić information content (AvgIpc) is 2.35. The number of esters is 1. The lowest BCUT2D eigenvalue weighted by Crippen LogP contribution is -2.13. The van der Waals surface area contributed by atoms with Crippen LogP contribution in [0.5, 0.6) is 5.75 Å². The van der Waals surface area contributed by atoms with Crippen molar-refractivity contribution in [3.05, 3.63) is 28.8 Å². The largest absolute Gasteiger partial charge is 0.495 e. The Hall–Kier alpha value is -1.22. The number of carbonyl (C=O) groups is 1. The minimum absolute atomic E-state index is 0.0980. The third kappa shape index (κ3) is 3.64. The van der Waals surface area contributed by atoms with Crippen molar-refractivity contribution < 1.29 is 14.3 Å². The van der Waals surface area contributed by atoms with Gasteiger partial charge in [-0.1, -0.05) is 31.5 Å². The molecule has 1 unspecified atom stereocenters. The van der Waals surface area contributed by atoms with Gasteiger partial charge in [0.2, 0.25) is 0 Å². The number of methoxy groups -OCH3 is 2. The maximum absolute atomic E-state index is 11.4. The summed E-state index contributed by atoms with van der Waals surface area (Å²) in [6.45, 7) is 4.15. The van der Waals surface area contributed by atoms with Gasteiger partial charge in [-0.25, -0.2) is 0 Å². The Morgan fingerprint density at radius 1 is 1.33 bits per heavy atom. The summed E-state index contributed by atoms with van der Waals surface area (Å²) < 4.78 is 9.85. The Morgan fingerprint density at radius 3 is 2.44 bits per heavy atom. The van der Waals surface area contributed by atoms with E-state index in [-0.39, 0.29) is 11.9 Å². The summed E-state index contributed by atoms with van der Waals surface area (Å²) in [5, 5.41) is 0.561. The maximum Gasteiger partial charge on any atom is 0.306 e. The number of benzene rings is 1. The second-order valence-corrected chi connectivity index (χ2v) is 4.93. The van der Waals surface area contributed by atoms with Crippen molar-refractivity contribution in [1.29, 1.82) is 0 Å². The second-order valence-electron chi connectivity index (χ2n) is 4.52. The molecule has 0 fully saturated rings. The molecule has 0 aliphatic heterocycles. The van der Waals surface area contributed by atoms with Gasteiger partial charge >= 0.3 is 5.97 Å². The fourth-order valence-electron chi connectivity index (χ4n) is 1.91. The van der Waals surface area contributed by atoms with Crippen molar-refractivity contribution >= 4 is 17.6 Å². The van der Waals surface area contributed by atoms with Gasteiger partial charge in [0.15, 0.2) is 0 Å². The molecule has 3 nitrogen and oxygen atoms in total. The third-order valence-corrected chi connectivity index (χ3v) is 3.32. The van der Waals surface area contributed by atoms with E-state index in [9.17, 15) is 4.79 Å². The lowest BCUT2D eigenvalue weighted by Gasteiger charge is -2.20. The molecule has 0 saturated heterocycles. The first-order valence-corrected chi connectivity index (χ1v) is 6.27. The van der Waals surface area contributed by atoms with Crippen LogP contribution in [0.2, 0.25) is 5.02 Å². The molecule has 0 aliphatic rings. The molecule has 0 saturated carbocycles. The van der Waals surface area contributed by atoms with Crippen molar-refractivity contribution in [3.8, 4) is 5.75 Å². The molecule has 0 spiro atoms. The third-order valence-electron chi connectivity index (χ3n) is 3.02. The van der Waals surface area contributed by atoms with Gasteiger partial charge in [-0.2, -0.15) is 0 Å². The van der Waals surface area contributed by atoms with Gasteiger partial charge in [0, 0.05) is 0 Å². The predicted molar refractivity (Wildman–Crippen MR) is 72.2 cm³/mol. The van der Waals surface area contributed by atoms with Crippen molar-refractivity contribution in [2.24, 2.45) is 5.92 Å². The highest BCUT2D eigenvalue weighted by molar-refractivity contribution is 6.32. The Balaban J connectivity index is 2.99. The van der Waals surface area contributed by atoms with Crippen LogP contribution in [0.25, 0.3) is 0 Å². The van der Waals surface area contributed by atoms with Gasteiger partial charge in [-0.05, 0) is 29.5 Å². The zero-order valence-corrected chi connectivity index (χ0v) is 12.0. The van der Waals surface area contributed by atoms with Crippen LogP contribution in [0.4, 0.5) is 0 Å². The summed E-state index contributed by atoms with van der Waals surface area (Å²) >= 11 is 6.11. The fraction of sp³-hybridized carbons (Fsp3) is 0.500. The van der Waals surface area contributed by atoms with Crippen molar-refractivity contribution in [1.82, 2.24) is 0 Å². The highest BCUT2D eigenvalue weighted by Crippen LogP contribution is 2.33. The number of hydrogen-bond donors (Lipinski definition) is 0. The van der Waals surface area contributed by atoms with Crippen LogP contribution in [0.1, 0.15) is 31.7 Å². The molecule has 0 N–H and O–H groups in total. The molecule has 0 aromatic heterocycles. The molecule has 1 aromatic rings. The Labute approximate surface area is 113 Å². The minimum Gasteiger partial charge on any atom is -0.495 e. The maximum atomic E-state index is 11.4. The van der Waals surface area contributed by atoms with Gasteiger partial charge in [0.1, 0.15) is 5.75 Å². The summed E-state index contributed by atoms with van der Waals surface area (Å²) in [6, 6.07) is 5.62. The molecule has 0 amide bonds. The summed E-state index contributed by atoms with van der Waals surface area (Å²) in [7, 11) is 2.98. The van der Waals surface area contributed by atoms with E-state index < -0.39 is 0 Å². The van der Waals surface area contributed by atoms with Gasteiger partial charge in [0.25, 0.3) is 0 Å². The lowest BCUT2D eigenvalue weighted by atomic mass is 9.86. The molecule has 4 heteroatoms. The van der Waals surface area contributed by atoms with Gasteiger partial charge in [0.05, 0.1) is 25.7 Å². The van der Waals surface area contributed by atoms with Crippen molar-refractivity contribution in [2.45, 2.75) is 26.2 Å². The van der Waals surface area contributed by atoms with E-state index in [0.717, 1.165) is 5.56 Å². The summed E-state index contributed by atoms with van der Waals surface area (Å²) in [4.78, 5) is 11.4. The topological polar surface area (TPSA) is 35.5 Å². The Morgan fingerprint density at radius 2 is 2.00 bits per heavy atom. The molecule has 1 rings (SSSR count). The highest BCUT2D eigenvalue weighted by atomic mass is 35.5. The number of rotatable bonds is 5. The smallest absolute Gasteiger partial charge is 0.306 e. The SMILES string of the molecule is COC(=O)CC(c1ccc(OC)c(Cl)c1)C(C)C. The minimum atomic E-state index is -0.208. The van der Waals surface area contributed by atoms with Gasteiger partial charge in [-0.15, -0.1) is 0 Å². The summed E-state index contributed by atoms with van der Waals surface area (Å²) in [5.41, 5.74) is 1.03. The van der Waals surface area contributed by atoms with E-state index in [1.807, 2.05) is 18.2 Å². The first-order chi connectivity index (χ1) is 8.49. The molecule has 0 radical (unpaired) electrons. The van der Waals surface area contributed by atoms with E-state index in [2.05, 4.69) is 13.8 Å². The van der Waals surface area contributed by atoms with Crippen LogP contribution in [-0.4, -0.2) is 20.2 Å². The van der Waals surface area contributed by atoms with E-state index in [1.54, 1.807) is 7.11 Å². The number of hydrogen-bond acceptors (Lipinski definition) is 3. The average molecular weight is 271 g/mol. The molecule has 1 atom stereocenters. The molecule has 0 bridgehead atoms. The van der Waals surface area contributed by atoms with Gasteiger partial charge < -0.3 is 9.47 Å². The monoisotopic (exact) mass is 270 g/mol. The predicted octanol–water partition coefficient (Wildman–Crippen LogP) is 3.65. The van der Waals surface area contributed by atoms with E-state index in [4.69, 9.17) is 21.1 Å². The molecule has 18 heavy (non-hydrogen) atoms. The highest BCUT2D eigenvalue weighted by Gasteiger charge is 2.21. The lowest BCUT2D eigenvalue weighted by molar-refractivity contribution is -0.141. The summed E-state index contributed by atoms with van der Waals surface area (Å²) in [6.07, 6.45) is 0.358. The second kappa shape index (κ2) is 6.64. The van der Waals surface area contributed by atoms with Gasteiger partial charge in [-0.3, -0.25) is 4.79 Å². The quantitative estimate of drug-likeness (QED) is 0.766.